The van der Waals surface area contributed by atoms with E-state index in [0.29, 0.717) is 17.0 Å². The third-order valence-corrected chi connectivity index (χ3v) is 3.82. The molecule has 14 heavy (non-hydrogen) atoms. The largest absolute Gasteiger partial charge is 0.268 e. The molecule has 1 aliphatic heterocycles. The van der Waals surface area contributed by atoms with Gasteiger partial charge in [-0.05, 0) is 26.0 Å². The molecule has 0 N–H and O–H groups in total. The molecule has 1 amide bonds. The van der Waals surface area contributed by atoms with E-state index in [9.17, 15) is 9.00 Å². The fraction of sp³-hybridized carbons (Fsp3) is 0.300. The minimum absolute atomic E-state index is 0.121. The molecule has 1 atom stereocenters. The predicted molar refractivity (Wildman–Crippen MR) is 54.3 cm³/mol. The lowest BCUT2D eigenvalue weighted by Crippen LogP contribution is -2.25. The summed E-state index contributed by atoms with van der Waals surface area (Å²) in [6.07, 6.45) is 0. The van der Waals surface area contributed by atoms with Crippen molar-refractivity contribution < 1.29 is 9.00 Å². The summed E-state index contributed by atoms with van der Waals surface area (Å²) in [5.41, 5.74) is 1.61. The van der Waals surface area contributed by atoms with E-state index >= 15 is 0 Å². The van der Waals surface area contributed by atoms with Gasteiger partial charge in [-0.15, -0.1) is 0 Å². The SMILES string of the molecule is CCN1C(=O)c2cc(C)ccc2S1=O. The monoisotopic (exact) mass is 209 g/mol. The molecule has 0 saturated heterocycles. The van der Waals surface area contributed by atoms with Crippen LogP contribution in [0.2, 0.25) is 0 Å². The van der Waals surface area contributed by atoms with Gasteiger partial charge >= 0.3 is 0 Å². The van der Waals surface area contributed by atoms with Crippen LogP contribution in [0, 0.1) is 6.92 Å². The molecule has 0 aromatic heterocycles. The van der Waals surface area contributed by atoms with E-state index in [-0.39, 0.29) is 5.91 Å². The second-order valence-corrected chi connectivity index (χ2v) is 4.63. The zero-order valence-corrected chi connectivity index (χ0v) is 8.93. The van der Waals surface area contributed by atoms with E-state index in [1.807, 2.05) is 19.9 Å². The maximum absolute atomic E-state index is 11.8. The van der Waals surface area contributed by atoms with Gasteiger partial charge in [0.15, 0.2) is 11.0 Å². The average molecular weight is 209 g/mol. The Labute approximate surface area is 85.3 Å². The second-order valence-electron chi connectivity index (χ2n) is 3.25. The fourth-order valence-electron chi connectivity index (χ4n) is 1.55. The summed E-state index contributed by atoms with van der Waals surface area (Å²) < 4.78 is 13.1. The van der Waals surface area contributed by atoms with Crippen molar-refractivity contribution in [3.05, 3.63) is 29.3 Å². The summed E-state index contributed by atoms with van der Waals surface area (Å²) in [5, 5.41) is 0. The molecule has 0 radical (unpaired) electrons. The minimum atomic E-state index is -1.29. The molecule has 1 heterocycles. The summed E-state index contributed by atoms with van der Waals surface area (Å²) in [4.78, 5) is 12.4. The van der Waals surface area contributed by atoms with Crippen molar-refractivity contribution in [1.29, 1.82) is 0 Å². The number of rotatable bonds is 1. The van der Waals surface area contributed by atoms with Gasteiger partial charge in [-0.2, -0.15) is 0 Å². The first-order valence-corrected chi connectivity index (χ1v) is 5.60. The summed E-state index contributed by atoms with van der Waals surface area (Å²) in [6.45, 7) is 4.23. The molecule has 1 aromatic rings. The van der Waals surface area contributed by atoms with Gasteiger partial charge in [0.2, 0.25) is 0 Å². The Morgan fingerprint density at radius 3 is 2.79 bits per heavy atom. The first kappa shape index (κ1) is 9.40. The van der Waals surface area contributed by atoms with Crippen molar-refractivity contribution in [3.63, 3.8) is 0 Å². The highest BCUT2D eigenvalue weighted by Gasteiger charge is 2.33. The van der Waals surface area contributed by atoms with Crippen LogP contribution in [-0.4, -0.2) is 21.0 Å². The lowest BCUT2D eigenvalue weighted by atomic mass is 10.1. The van der Waals surface area contributed by atoms with Crippen LogP contribution in [0.3, 0.4) is 0 Å². The topological polar surface area (TPSA) is 37.4 Å². The number of carbonyl (C=O) groups excluding carboxylic acids is 1. The van der Waals surface area contributed by atoms with Gasteiger partial charge in [-0.25, -0.2) is 4.21 Å². The Balaban J connectivity index is 2.58. The third kappa shape index (κ3) is 1.18. The zero-order chi connectivity index (χ0) is 10.3. The summed E-state index contributed by atoms with van der Waals surface area (Å²) in [7, 11) is -1.29. The highest BCUT2D eigenvalue weighted by molar-refractivity contribution is 7.84. The molecule has 1 unspecified atom stereocenters. The van der Waals surface area contributed by atoms with Crippen LogP contribution in [-0.2, 0) is 11.0 Å². The van der Waals surface area contributed by atoms with Gasteiger partial charge in [-0.1, -0.05) is 11.6 Å². The van der Waals surface area contributed by atoms with Gasteiger partial charge in [0.25, 0.3) is 5.91 Å². The van der Waals surface area contributed by atoms with E-state index in [1.54, 1.807) is 12.1 Å². The van der Waals surface area contributed by atoms with E-state index in [4.69, 9.17) is 0 Å². The van der Waals surface area contributed by atoms with Gasteiger partial charge in [-0.3, -0.25) is 9.10 Å². The summed E-state index contributed by atoms with van der Waals surface area (Å²) >= 11 is 0. The number of nitrogens with zero attached hydrogens (tertiary/aromatic N) is 1. The van der Waals surface area contributed by atoms with Gasteiger partial charge in [0.05, 0.1) is 10.5 Å². The number of carbonyl (C=O) groups is 1. The quantitative estimate of drug-likeness (QED) is 0.702. The van der Waals surface area contributed by atoms with Crippen molar-refractivity contribution in [1.82, 2.24) is 4.31 Å². The van der Waals surface area contributed by atoms with Crippen molar-refractivity contribution in [2.45, 2.75) is 18.7 Å². The lowest BCUT2D eigenvalue weighted by Gasteiger charge is -2.09. The Morgan fingerprint density at radius 1 is 1.43 bits per heavy atom. The van der Waals surface area contributed by atoms with E-state index < -0.39 is 11.0 Å². The zero-order valence-electron chi connectivity index (χ0n) is 8.11. The van der Waals surface area contributed by atoms with Crippen LogP contribution in [0.5, 0.6) is 0 Å². The van der Waals surface area contributed by atoms with Crippen molar-refractivity contribution in [2.24, 2.45) is 0 Å². The number of benzene rings is 1. The standard InChI is InChI=1S/C10H11NO2S/c1-3-11-10(12)8-6-7(2)4-5-9(8)14(11)13/h4-6H,3H2,1-2H3. The van der Waals surface area contributed by atoms with Crippen LogP contribution >= 0.6 is 0 Å². The highest BCUT2D eigenvalue weighted by Crippen LogP contribution is 2.27. The van der Waals surface area contributed by atoms with Crippen LogP contribution in [0.4, 0.5) is 0 Å². The Morgan fingerprint density at radius 2 is 2.14 bits per heavy atom. The van der Waals surface area contributed by atoms with Crippen LogP contribution in [0.1, 0.15) is 22.8 Å². The molecule has 74 valence electrons. The van der Waals surface area contributed by atoms with Crippen molar-refractivity contribution >= 4 is 16.9 Å². The highest BCUT2D eigenvalue weighted by atomic mass is 32.2. The van der Waals surface area contributed by atoms with Crippen molar-refractivity contribution in [2.75, 3.05) is 6.54 Å². The number of fused-ring (bicyclic) bond motifs is 1. The van der Waals surface area contributed by atoms with Crippen LogP contribution < -0.4 is 0 Å². The third-order valence-electron chi connectivity index (χ3n) is 2.27. The smallest absolute Gasteiger partial charge is 0.267 e. The number of hydrogen-bond acceptors (Lipinski definition) is 2. The molecule has 0 fully saturated rings. The van der Waals surface area contributed by atoms with Crippen LogP contribution in [0.25, 0.3) is 0 Å². The van der Waals surface area contributed by atoms with E-state index in [2.05, 4.69) is 0 Å². The molecule has 4 heteroatoms. The van der Waals surface area contributed by atoms with Gasteiger partial charge in [0, 0.05) is 6.54 Å². The number of aryl methyl sites for hydroxylation is 1. The molecular formula is C10H11NO2S. The van der Waals surface area contributed by atoms with Gasteiger partial charge in [0.1, 0.15) is 0 Å². The number of hydrogen-bond donors (Lipinski definition) is 0. The molecule has 1 aliphatic rings. The number of amides is 1. The minimum Gasteiger partial charge on any atom is -0.268 e. The predicted octanol–water partition coefficient (Wildman–Crippen LogP) is 1.49. The average Bonchev–Trinajstić information content (AvgIpc) is 2.39. The Bertz CT molecular complexity index is 428. The van der Waals surface area contributed by atoms with Crippen molar-refractivity contribution in [3.8, 4) is 0 Å². The molecule has 0 aliphatic carbocycles. The molecule has 0 saturated carbocycles. The molecule has 3 nitrogen and oxygen atoms in total. The molecular weight excluding hydrogens is 198 g/mol. The summed E-state index contributed by atoms with van der Waals surface area (Å²) in [5.74, 6) is -0.121. The fourth-order valence-corrected chi connectivity index (χ4v) is 2.79. The Kier molecular flexibility index (Phi) is 2.15. The molecule has 0 spiro atoms. The second kappa shape index (κ2) is 3.20. The van der Waals surface area contributed by atoms with E-state index in [0.717, 1.165) is 5.56 Å². The molecule has 0 bridgehead atoms. The van der Waals surface area contributed by atoms with Crippen LogP contribution in [0.15, 0.2) is 23.1 Å². The summed E-state index contributed by atoms with van der Waals surface area (Å²) in [6, 6.07) is 5.45. The maximum atomic E-state index is 11.8. The lowest BCUT2D eigenvalue weighted by molar-refractivity contribution is 0.0879. The van der Waals surface area contributed by atoms with E-state index in [1.165, 1.54) is 4.31 Å². The first-order chi connectivity index (χ1) is 6.65. The van der Waals surface area contributed by atoms with Gasteiger partial charge < -0.3 is 0 Å². The molecule has 1 aromatic carbocycles. The first-order valence-electron chi connectivity index (χ1n) is 4.49. The maximum Gasteiger partial charge on any atom is 0.267 e. The normalized spacial score (nSPS) is 20.0. The molecule has 2 rings (SSSR count). The Hall–Kier alpha value is -1.16.